The molecule has 3 rings (SSSR count). The van der Waals surface area contributed by atoms with Crippen molar-refractivity contribution in [3.63, 3.8) is 0 Å². The molecule has 0 bridgehead atoms. The maximum absolute atomic E-state index is 11.7. The summed E-state index contributed by atoms with van der Waals surface area (Å²) in [6, 6.07) is 6.22. The Hall–Kier alpha value is -2.08. The number of H-pyrrole nitrogens is 1. The number of amides is 1. The maximum Gasteiger partial charge on any atom is 0.409 e. The van der Waals surface area contributed by atoms with E-state index in [1.807, 2.05) is 19.9 Å². The number of nitrogens with two attached hydrogens (primary N) is 1. The lowest BCUT2D eigenvalue weighted by Gasteiger charge is -2.31. The van der Waals surface area contributed by atoms with E-state index in [1.54, 1.807) is 4.90 Å². The molecule has 1 unspecified atom stereocenters. The summed E-state index contributed by atoms with van der Waals surface area (Å²) in [6.07, 6.45) is 1.83. The van der Waals surface area contributed by atoms with E-state index in [1.165, 1.54) is 12.7 Å². The molecular weight excluding hydrogens is 292 g/mol. The number of hydrogen-bond acceptors (Lipinski definition) is 4. The summed E-state index contributed by atoms with van der Waals surface area (Å²) in [4.78, 5) is 21.1. The second-order valence-electron chi connectivity index (χ2n) is 5.42. The van der Waals surface area contributed by atoms with Gasteiger partial charge in [-0.3, -0.25) is 0 Å². The molecule has 2 heterocycles. The minimum atomic E-state index is -0.243. The number of piperidine rings is 1. The fourth-order valence-electron chi connectivity index (χ4n) is 2.97. The van der Waals surface area contributed by atoms with Gasteiger partial charge in [0.05, 0.1) is 24.7 Å². The SMILES string of the molecule is CC.COC(=O)N1CCCC(c2ccc3nc(CN)[nH]c3c2)C1. The number of hydrogen-bond donors (Lipinski definition) is 2. The number of carbonyl (C=O) groups is 1. The molecule has 6 nitrogen and oxygen atoms in total. The van der Waals surface area contributed by atoms with Crippen molar-refractivity contribution in [2.75, 3.05) is 20.2 Å². The van der Waals surface area contributed by atoms with Crippen LogP contribution in [0, 0.1) is 0 Å². The van der Waals surface area contributed by atoms with Gasteiger partial charge in [-0.15, -0.1) is 0 Å². The lowest BCUT2D eigenvalue weighted by Crippen LogP contribution is -2.38. The fraction of sp³-hybridized carbons (Fsp3) is 0.529. The van der Waals surface area contributed by atoms with Crippen LogP contribution >= 0.6 is 0 Å². The molecule has 3 N–H and O–H groups in total. The molecule has 126 valence electrons. The third-order valence-corrected chi connectivity index (χ3v) is 4.07. The van der Waals surface area contributed by atoms with Gasteiger partial charge in [0, 0.05) is 19.0 Å². The maximum atomic E-state index is 11.7. The molecule has 2 aromatic rings. The van der Waals surface area contributed by atoms with Crippen molar-refractivity contribution >= 4 is 17.1 Å². The van der Waals surface area contributed by atoms with Gasteiger partial charge in [0.2, 0.25) is 0 Å². The highest BCUT2D eigenvalue weighted by Crippen LogP contribution is 2.29. The van der Waals surface area contributed by atoms with Gasteiger partial charge in [0.1, 0.15) is 5.82 Å². The second-order valence-corrected chi connectivity index (χ2v) is 5.42. The number of benzene rings is 1. The molecule has 1 atom stereocenters. The molecule has 0 radical (unpaired) electrons. The smallest absolute Gasteiger partial charge is 0.409 e. The van der Waals surface area contributed by atoms with Crippen LogP contribution in [0.3, 0.4) is 0 Å². The average molecular weight is 318 g/mol. The predicted octanol–water partition coefficient (Wildman–Crippen LogP) is 2.99. The minimum absolute atomic E-state index is 0.243. The van der Waals surface area contributed by atoms with Crippen LogP contribution < -0.4 is 5.73 Å². The molecule has 1 aromatic carbocycles. The number of methoxy groups -OCH3 is 1. The molecule has 0 saturated carbocycles. The Bertz CT molecular complexity index is 653. The van der Waals surface area contributed by atoms with Crippen molar-refractivity contribution in [3.8, 4) is 0 Å². The molecular formula is C17H26N4O2. The number of aromatic nitrogens is 2. The predicted molar refractivity (Wildman–Crippen MR) is 91.3 cm³/mol. The van der Waals surface area contributed by atoms with Gasteiger partial charge in [-0.1, -0.05) is 19.9 Å². The van der Waals surface area contributed by atoms with Crippen LogP contribution in [0.1, 0.15) is 44.0 Å². The van der Waals surface area contributed by atoms with E-state index in [0.29, 0.717) is 19.0 Å². The van der Waals surface area contributed by atoms with Crippen molar-refractivity contribution in [1.29, 1.82) is 0 Å². The van der Waals surface area contributed by atoms with Crippen LogP contribution in [-0.2, 0) is 11.3 Å². The Morgan fingerprint density at radius 2 is 2.26 bits per heavy atom. The highest BCUT2D eigenvalue weighted by molar-refractivity contribution is 5.76. The van der Waals surface area contributed by atoms with Crippen molar-refractivity contribution in [2.45, 2.75) is 39.2 Å². The van der Waals surface area contributed by atoms with E-state index >= 15 is 0 Å². The van der Waals surface area contributed by atoms with Gasteiger partial charge in [-0.05, 0) is 30.5 Å². The number of aromatic amines is 1. The van der Waals surface area contributed by atoms with Gasteiger partial charge in [-0.2, -0.15) is 0 Å². The fourth-order valence-corrected chi connectivity index (χ4v) is 2.97. The van der Waals surface area contributed by atoms with Gasteiger partial charge < -0.3 is 20.4 Å². The van der Waals surface area contributed by atoms with E-state index in [0.717, 1.165) is 36.2 Å². The molecule has 1 aliphatic heterocycles. The van der Waals surface area contributed by atoms with Crippen molar-refractivity contribution in [3.05, 3.63) is 29.6 Å². The normalized spacial score (nSPS) is 17.6. The Kier molecular flexibility index (Phi) is 5.98. The van der Waals surface area contributed by atoms with Crippen molar-refractivity contribution < 1.29 is 9.53 Å². The molecule has 0 spiro atoms. The first-order valence-electron chi connectivity index (χ1n) is 8.22. The molecule has 23 heavy (non-hydrogen) atoms. The lowest BCUT2D eigenvalue weighted by atomic mass is 9.90. The number of nitrogens with zero attached hydrogens (tertiary/aromatic N) is 2. The number of ether oxygens (including phenoxy) is 1. The molecule has 1 amide bonds. The molecule has 0 aliphatic carbocycles. The number of rotatable bonds is 2. The van der Waals surface area contributed by atoms with Crippen LogP contribution in [0.5, 0.6) is 0 Å². The second kappa shape index (κ2) is 7.97. The molecule has 1 saturated heterocycles. The van der Waals surface area contributed by atoms with Crippen molar-refractivity contribution in [2.24, 2.45) is 5.73 Å². The van der Waals surface area contributed by atoms with Gasteiger partial charge >= 0.3 is 6.09 Å². The first-order valence-corrected chi connectivity index (χ1v) is 8.22. The third-order valence-electron chi connectivity index (χ3n) is 4.07. The zero-order valence-corrected chi connectivity index (χ0v) is 14.1. The minimum Gasteiger partial charge on any atom is -0.453 e. The summed E-state index contributed by atoms with van der Waals surface area (Å²) in [7, 11) is 1.43. The summed E-state index contributed by atoms with van der Waals surface area (Å²) in [5, 5.41) is 0. The van der Waals surface area contributed by atoms with Crippen LogP contribution in [-0.4, -0.2) is 41.2 Å². The molecule has 1 aromatic heterocycles. The Labute approximate surface area is 137 Å². The zero-order chi connectivity index (χ0) is 16.8. The largest absolute Gasteiger partial charge is 0.453 e. The molecule has 1 aliphatic rings. The summed E-state index contributed by atoms with van der Waals surface area (Å²) >= 11 is 0. The Balaban J connectivity index is 0.000000924. The first-order chi connectivity index (χ1) is 11.2. The molecule has 1 fully saturated rings. The van der Waals surface area contributed by atoms with Crippen LogP contribution in [0.2, 0.25) is 0 Å². The summed E-state index contributed by atoms with van der Waals surface area (Å²) in [6.45, 7) is 5.88. The summed E-state index contributed by atoms with van der Waals surface area (Å²) < 4.78 is 4.82. The lowest BCUT2D eigenvalue weighted by molar-refractivity contribution is 0.111. The number of nitrogens with one attached hydrogen (secondary N) is 1. The first kappa shape index (κ1) is 17.3. The van der Waals surface area contributed by atoms with Crippen LogP contribution in [0.4, 0.5) is 4.79 Å². The number of likely N-dealkylation sites (tertiary alicyclic amines) is 1. The van der Waals surface area contributed by atoms with Crippen molar-refractivity contribution in [1.82, 2.24) is 14.9 Å². The van der Waals surface area contributed by atoms with Crippen LogP contribution in [0.25, 0.3) is 11.0 Å². The average Bonchev–Trinajstić information content (AvgIpc) is 3.05. The van der Waals surface area contributed by atoms with E-state index in [4.69, 9.17) is 10.5 Å². The monoisotopic (exact) mass is 318 g/mol. The Morgan fingerprint density at radius 1 is 1.48 bits per heavy atom. The topological polar surface area (TPSA) is 84.2 Å². The third kappa shape index (κ3) is 3.82. The van der Waals surface area contributed by atoms with Gasteiger partial charge in [0.25, 0.3) is 0 Å². The quantitative estimate of drug-likeness (QED) is 0.891. The van der Waals surface area contributed by atoms with E-state index in [2.05, 4.69) is 22.1 Å². The van der Waals surface area contributed by atoms with E-state index in [-0.39, 0.29) is 6.09 Å². The summed E-state index contributed by atoms with van der Waals surface area (Å²) in [5.74, 6) is 1.13. The summed E-state index contributed by atoms with van der Waals surface area (Å²) in [5.41, 5.74) is 8.77. The van der Waals surface area contributed by atoms with Crippen LogP contribution in [0.15, 0.2) is 18.2 Å². The highest BCUT2D eigenvalue weighted by Gasteiger charge is 2.25. The number of fused-ring (bicyclic) bond motifs is 1. The standard InChI is InChI=1S/C15H20N4O2.C2H6/c1-21-15(20)19-6-2-3-11(9-19)10-4-5-12-13(7-10)18-14(8-16)17-12;1-2/h4-5,7,11H,2-3,6,8-9,16H2,1H3,(H,17,18);1-2H3. The zero-order valence-electron chi connectivity index (χ0n) is 14.1. The van der Waals surface area contributed by atoms with E-state index < -0.39 is 0 Å². The highest BCUT2D eigenvalue weighted by atomic mass is 16.5. The van der Waals surface area contributed by atoms with Gasteiger partial charge in [0.15, 0.2) is 0 Å². The number of carbonyl (C=O) groups excluding carboxylic acids is 1. The van der Waals surface area contributed by atoms with Gasteiger partial charge in [-0.25, -0.2) is 9.78 Å². The Morgan fingerprint density at radius 3 is 2.96 bits per heavy atom. The molecule has 6 heteroatoms. The van der Waals surface area contributed by atoms with E-state index in [9.17, 15) is 4.79 Å². The number of imidazole rings is 1.